The zero-order valence-corrected chi connectivity index (χ0v) is 16.7. The van der Waals surface area contributed by atoms with E-state index >= 15 is 0 Å². The molecule has 0 saturated heterocycles. The van der Waals surface area contributed by atoms with Crippen molar-refractivity contribution in [2.24, 2.45) is 0 Å². The summed E-state index contributed by atoms with van der Waals surface area (Å²) in [6, 6.07) is 5.81. The van der Waals surface area contributed by atoms with E-state index in [1.54, 1.807) is 18.3 Å². The molecule has 1 N–H and O–H groups in total. The van der Waals surface area contributed by atoms with Crippen molar-refractivity contribution in [2.45, 2.75) is 46.1 Å². The van der Waals surface area contributed by atoms with Crippen LogP contribution < -0.4 is 10.1 Å². The number of nitrogens with one attached hydrogen (secondary N) is 1. The molecular formula is C18H23BrN2O2S. The summed E-state index contributed by atoms with van der Waals surface area (Å²) in [6.07, 6.45) is 2.40. The van der Waals surface area contributed by atoms with Gasteiger partial charge in [0.1, 0.15) is 5.75 Å². The summed E-state index contributed by atoms with van der Waals surface area (Å²) < 4.78 is 6.59. The molecule has 2 aromatic rings. The first-order valence-corrected chi connectivity index (χ1v) is 9.74. The Morgan fingerprint density at radius 3 is 2.83 bits per heavy atom. The molecule has 1 heterocycles. The van der Waals surface area contributed by atoms with Gasteiger partial charge in [-0.2, -0.15) is 0 Å². The van der Waals surface area contributed by atoms with Crippen LogP contribution in [0.1, 0.15) is 36.0 Å². The molecule has 2 rings (SSSR count). The van der Waals surface area contributed by atoms with E-state index < -0.39 is 6.10 Å². The molecule has 0 spiro atoms. The maximum absolute atomic E-state index is 12.1. The largest absolute Gasteiger partial charge is 0.480 e. The predicted molar refractivity (Wildman–Crippen MR) is 102 cm³/mol. The molecule has 1 aromatic heterocycles. The Morgan fingerprint density at radius 1 is 1.38 bits per heavy atom. The summed E-state index contributed by atoms with van der Waals surface area (Å²) in [5.41, 5.74) is 2.22. The normalized spacial score (nSPS) is 12.0. The second-order valence-electron chi connectivity index (χ2n) is 5.82. The quantitative estimate of drug-likeness (QED) is 0.654. The van der Waals surface area contributed by atoms with E-state index in [9.17, 15) is 4.79 Å². The number of aromatic nitrogens is 1. The maximum atomic E-state index is 12.1. The van der Waals surface area contributed by atoms with Gasteiger partial charge >= 0.3 is 0 Å². The van der Waals surface area contributed by atoms with Gasteiger partial charge in [-0.25, -0.2) is 4.98 Å². The van der Waals surface area contributed by atoms with Gasteiger partial charge in [0.05, 0.1) is 9.48 Å². The molecule has 0 bridgehead atoms. The van der Waals surface area contributed by atoms with Crippen LogP contribution in [0.5, 0.6) is 5.75 Å². The number of halogens is 1. The number of carbonyl (C=O) groups excluding carboxylic acids is 1. The second-order valence-corrected chi connectivity index (χ2v) is 7.62. The van der Waals surface area contributed by atoms with Gasteiger partial charge in [-0.05, 0) is 73.7 Å². The van der Waals surface area contributed by atoms with Crippen molar-refractivity contribution in [1.29, 1.82) is 0 Å². The van der Waals surface area contributed by atoms with Crippen molar-refractivity contribution in [1.82, 2.24) is 10.3 Å². The third-order valence-corrected chi connectivity index (χ3v) is 5.19. The molecule has 6 heteroatoms. The molecule has 0 aliphatic heterocycles. The Kier molecular flexibility index (Phi) is 7.24. The molecule has 1 atom stereocenters. The number of benzene rings is 1. The molecular weight excluding hydrogens is 388 g/mol. The lowest BCUT2D eigenvalue weighted by molar-refractivity contribution is -0.127. The Morgan fingerprint density at radius 2 is 2.17 bits per heavy atom. The van der Waals surface area contributed by atoms with Crippen molar-refractivity contribution in [3.05, 3.63) is 44.3 Å². The molecule has 0 aliphatic carbocycles. The Labute approximate surface area is 155 Å². The van der Waals surface area contributed by atoms with Crippen molar-refractivity contribution >= 4 is 33.2 Å². The van der Waals surface area contributed by atoms with Crippen LogP contribution in [0.2, 0.25) is 0 Å². The first kappa shape index (κ1) is 18.9. The van der Waals surface area contributed by atoms with Crippen molar-refractivity contribution in [3.63, 3.8) is 0 Å². The molecule has 0 saturated carbocycles. The number of ether oxygens (including phenoxy) is 1. The number of hydrogen-bond donors (Lipinski definition) is 1. The summed E-state index contributed by atoms with van der Waals surface area (Å²) in [5, 5.41) is 6.16. The molecule has 0 fully saturated rings. The smallest absolute Gasteiger partial charge is 0.260 e. The number of rotatable bonds is 8. The van der Waals surface area contributed by atoms with Gasteiger partial charge in [-0.1, -0.05) is 6.07 Å². The van der Waals surface area contributed by atoms with Crippen molar-refractivity contribution < 1.29 is 9.53 Å². The van der Waals surface area contributed by atoms with Crippen LogP contribution in [-0.2, 0) is 11.2 Å². The van der Waals surface area contributed by atoms with Crippen LogP contribution in [0.15, 0.2) is 28.1 Å². The van der Waals surface area contributed by atoms with Crippen molar-refractivity contribution in [2.75, 3.05) is 6.54 Å². The topological polar surface area (TPSA) is 51.2 Å². The highest BCUT2D eigenvalue weighted by Gasteiger charge is 2.15. The number of unbranched alkanes of at least 4 members (excludes halogenated alkanes) is 1. The molecule has 24 heavy (non-hydrogen) atoms. The lowest BCUT2D eigenvalue weighted by atomic mass is 10.2. The van der Waals surface area contributed by atoms with Gasteiger partial charge in [-0.15, -0.1) is 11.3 Å². The number of hydrogen-bond acceptors (Lipinski definition) is 4. The van der Waals surface area contributed by atoms with Crippen LogP contribution in [0.25, 0.3) is 0 Å². The number of nitrogens with zero attached hydrogens (tertiary/aromatic N) is 1. The molecule has 1 unspecified atom stereocenters. The average Bonchev–Trinajstić information content (AvgIpc) is 2.95. The molecule has 4 nitrogen and oxygen atoms in total. The van der Waals surface area contributed by atoms with Gasteiger partial charge in [0.25, 0.3) is 5.91 Å². The second kappa shape index (κ2) is 9.18. The van der Waals surface area contributed by atoms with E-state index in [1.807, 2.05) is 32.0 Å². The summed E-state index contributed by atoms with van der Waals surface area (Å²) in [5.74, 6) is 0.593. The SMILES string of the molecule is Cc1ccc(OC(C)C(=O)NCCCCc2nc(C)cs2)c(Br)c1. The highest BCUT2D eigenvalue weighted by atomic mass is 79.9. The van der Waals surface area contributed by atoms with E-state index in [-0.39, 0.29) is 5.91 Å². The van der Waals surface area contributed by atoms with E-state index in [2.05, 4.69) is 31.6 Å². The fourth-order valence-electron chi connectivity index (χ4n) is 2.22. The van der Waals surface area contributed by atoms with Crippen LogP contribution in [0.3, 0.4) is 0 Å². The third-order valence-electron chi connectivity index (χ3n) is 3.54. The van der Waals surface area contributed by atoms with E-state index in [1.165, 1.54) is 5.01 Å². The molecule has 130 valence electrons. The minimum atomic E-state index is -0.523. The first-order valence-electron chi connectivity index (χ1n) is 8.07. The number of thiazole rings is 1. The molecule has 1 amide bonds. The van der Waals surface area contributed by atoms with Crippen LogP contribution >= 0.6 is 27.3 Å². The van der Waals surface area contributed by atoms with Gasteiger partial charge in [0, 0.05) is 17.6 Å². The monoisotopic (exact) mass is 410 g/mol. The minimum absolute atomic E-state index is 0.0902. The first-order chi connectivity index (χ1) is 11.5. The average molecular weight is 411 g/mol. The third kappa shape index (κ3) is 5.91. The highest BCUT2D eigenvalue weighted by molar-refractivity contribution is 9.10. The summed E-state index contributed by atoms with van der Waals surface area (Å²) in [7, 11) is 0. The van der Waals surface area contributed by atoms with Crippen LogP contribution in [0.4, 0.5) is 0 Å². The summed E-state index contributed by atoms with van der Waals surface area (Å²) in [4.78, 5) is 16.5. The minimum Gasteiger partial charge on any atom is -0.480 e. The Bertz CT molecular complexity index is 687. The van der Waals surface area contributed by atoms with E-state index in [4.69, 9.17) is 4.74 Å². The lowest BCUT2D eigenvalue weighted by Crippen LogP contribution is -2.36. The van der Waals surface area contributed by atoms with Crippen LogP contribution in [0, 0.1) is 13.8 Å². The number of amides is 1. The Balaban J connectivity index is 1.67. The maximum Gasteiger partial charge on any atom is 0.260 e. The van der Waals surface area contributed by atoms with Crippen molar-refractivity contribution in [3.8, 4) is 5.75 Å². The van der Waals surface area contributed by atoms with Gasteiger partial charge in [-0.3, -0.25) is 4.79 Å². The van der Waals surface area contributed by atoms with Gasteiger partial charge in [0.15, 0.2) is 6.10 Å². The lowest BCUT2D eigenvalue weighted by Gasteiger charge is -2.16. The van der Waals surface area contributed by atoms with Gasteiger partial charge < -0.3 is 10.1 Å². The zero-order valence-electron chi connectivity index (χ0n) is 14.3. The molecule has 0 radical (unpaired) electrons. The standard InChI is InChI=1S/C18H23BrN2O2S/c1-12-7-8-16(15(19)10-12)23-14(3)18(22)20-9-5-4-6-17-21-13(2)11-24-17/h7-8,10-11,14H,4-6,9H2,1-3H3,(H,20,22). The van der Waals surface area contributed by atoms with Gasteiger partial charge in [0.2, 0.25) is 0 Å². The fourth-order valence-corrected chi connectivity index (χ4v) is 3.62. The predicted octanol–water partition coefficient (Wildman–Crippen LogP) is 4.43. The highest BCUT2D eigenvalue weighted by Crippen LogP contribution is 2.26. The Hall–Kier alpha value is -1.40. The van der Waals surface area contributed by atoms with E-state index in [0.717, 1.165) is 35.0 Å². The number of aryl methyl sites for hydroxylation is 3. The van der Waals surface area contributed by atoms with Crippen LogP contribution in [-0.4, -0.2) is 23.5 Å². The summed E-state index contributed by atoms with van der Waals surface area (Å²) >= 11 is 5.16. The summed E-state index contributed by atoms with van der Waals surface area (Å²) in [6.45, 7) is 6.44. The fraction of sp³-hybridized carbons (Fsp3) is 0.444. The molecule has 1 aromatic carbocycles. The number of carbonyl (C=O) groups is 1. The van der Waals surface area contributed by atoms with E-state index in [0.29, 0.717) is 12.3 Å². The zero-order chi connectivity index (χ0) is 17.5. The molecule has 0 aliphatic rings.